The predicted octanol–water partition coefficient (Wildman–Crippen LogP) is 2.10. The number of hydrogen-bond acceptors (Lipinski definition) is 3. The van der Waals surface area contributed by atoms with Crippen molar-refractivity contribution in [3.63, 3.8) is 0 Å². The number of amides is 1. The van der Waals surface area contributed by atoms with Crippen LogP contribution in [0.15, 0.2) is 18.2 Å². The van der Waals surface area contributed by atoms with Gasteiger partial charge in [-0.3, -0.25) is 9.52 Å². The Morgan fingerprint density at radius 1 is 1.28 bits per heavy atom. The van der Waals surface area contributed by atoms with Gasteiger partial charge in [0.15, 0.2) is 0 Å². The van der Waals surface area contributed by atoms with Gasteiger partial charge in [0.05, 0.1) is 10.9 Å². The van der Waals surface area contributed by atoms with Crippen molar-refractivity contribution in [2.75, 3.05) is 10.0 Å². The van der Waals surface area contributed by atoms with Crippen LogP contribution < -0.4 is 10.0 Å². The van der Waals surface area contributed by atoms with Gasteiger partial charge >= 0.3 is 0 Å². The number of anilines is 2. The maximum atomic E-state index is 11.7. The minimum Gasteiger partial charge on any atom is -0.326 e. The molecule has 1 aromatic carbocycles. The Kier molecular flexibility index (Phi) is 4.34. The topological polar surface area (TPSA) is 75.3 Å². The molecule has 0 saturated carbocycles. The van der Waals surface area contributed by atoms with Crippen molar-refractivity contribution in [3.05, 3.63) is 23.8 Å². The Morgan fingerprint density at radius 3 is 2.39 bits per heavy atom. The molecule has 0 spiro atoms. The molecular weight excluding hydrogens is 252 g/mol. The first-order valence-corrected chi connectivity index (χ1v) is 7.17. The van der Waals surface area contributed by atoms with Gasteiger partial charge in [-0.25, -0.2) is 8.42 Å². The molecule has 6 heteroatoms. The average Bonchev–Trinajstić information content (AvgIpc) is 2.21. The van der Waals surface area contributed by atoms with Crippen molar-refractivity contribution in [2.24, 2.45) is 0 Å². The fraction of sp³-hybridized carbons (Fsp3) is 0.417. The maximum Gasteiger partial charge on any atom is 0.235 e. The molecule has 0 radical (unpaired) electrons. The fourth-order valence-electron chi connectivity index (χ4n) is 1.29. The smallest absolute Gasteiger partial charge is 0.235 e. The first-order valence-electron chi connectivity index (χ1n) is 5.62. The molecule has 2 N–H and O–H groups in total. The van der Waals surface area contributed by atoms with Gasteiger partial charge < -0.3 is 5.32 Å². The number of hydrogen-bond donors (Lipinski definition) is 2. The molecule has 100 valence electrons. The summed E-state index contributed by atoms with van der Waals surface area (Å²) in [5.74, 6) is -0.193. The molecule has 0 saturated heterocycles. The van der Waals surface area contributed by atoms with Gasteiger partial charge in [-0.15, -0.1) is 0 Å². The quantitative estimate of drug-likeness (QED) is 0.879. The first kappa shape index (κ1) is 14.5. The number of benzene rings is 1. The van der Waals surface area contributed by atoms with E-state index < -0.39 is 15.3 Å². The zero-order valence-electron chi connectivity index (χ0n) is 10.9. The summed E-state index contributed by atoms with van der Waals surface area (Å²) in [7, 11) is -3.37. The van der Waals surface area contributed by atoms with Gasteiger partial charge in [0.2, 0.25) is 15.9 Å². The Hall–Kier alpha value is -1.56. The highest BCUT2D eigenvalue weighted by molar-refractivity contribution is 7.93. The highest BCUT2D eigenvalue weighted by Crippen LogP contribution is 2.21. The van der Waals surface area contributed by atoms with E-state index >= 15 is 0 Å². The van der Waals surface area contributed by atoms with E-state index in [0.29, 0.717) is 11.4 Å². The van der Waals surface area contributed by atoms with E-state index in [1.165, 1.54) is 6.92 Å². The highest BCUT2D eigenvalue weighted by Gasteiger charge is 2.15. The summed E-state index contributed by atoms with van der Waals surface area (Å²) in [6, 6.07) is 5.03. The third-order valence-electron chi connectivity index (χ3n) is 2.43. The van der Waals surface area contributed by atoms with Crippen LogP contribution in [-0.2, 0) is 14.8 Å². The van der Waals surface area contributed by atoms with Gasteiger partial charge in [-0.05, 0) is 38.5 Å². The summed E-state index contributed by atoms with van der Waals surface area (Å²) in [4.78, 5) is 11.0. The number of carbonyl (C=O) groups is 1. The van der Waals surface area contributed by atoms with Crippen LogP contribution in [0.4, 0.5) is 11.4 Å². The molecule has 0 aliphatic rings. The summed E-state index contributed by atoms with van der Waals surface area (Å²) in [5.41, 5.74) is 1.92. The predicted molar refractivity (Wildman–Crippen MR) is 73.2 cm³/mol. The van der Waals surface area contributed by atoms with Crippen LogP contribution >= 0.6 is 0 Å². The van der Waals surface area contributed by atoms with Crippen molar-refractivity contribution in [1.29, 1.82) is 0 Å². The molecule has 0 bridgehead atoms. The molecule has 0 aromatic heterocycles. The van der Waals surface area contributed by atoms with Crippen LogP contribution in [0, 0.1) is 6.92 Å². The molecule has 5 nitrogen and oxygen atoms in total. The molecular formula is C12H18N2O3S. The summed E-state index contributed by atoms with van der Waals surface area (Å²) in [6.07, 6.45) is 0. The molecule has 0 unspecified atom stereocenters. The largest absolute Gasteiger partial charge is 0.326 e. The number of nitrogens with one attached hydrogen (secondary N) is 2. The van der Waals surface area contributed by atoms with E-state index in [4.69, 9.17) is 0 Å². The second kappa shape index (κ2) is 5.39. The molecule has 0 fully saturated rings. The lowest BCUT2D eigenvalue weighted by atomic mass is 10.2. The molecule has 0 atom stereocenters. The average molecular weight is 270 g/mol. The third kappa shape index (κ3) is 3.73. The second-order valence-electron chi connectivity index (χ2n) is 4.41. The van der Waals surface area contributed by atoms with Crippen LogP contribution in [0.2, 0.25) is 0 Å². The van der Waals surface area contributed by atoms with E-state index in [-0.39, 0.29) is 5.91 Å². The lowest BCUT2D eigenvalue weighted by Gasteiger charge is -2.13. The summed E-state index contributed by atoms with van der Waals surface area (Å²) in [5, 5.41) is 2.14. The Labute approximate surface area is 108 Å². The van der Waals surface area contributed by atoms with Gasteiger partial charge in [-0.2, -0.15) is 0 Å². The van der Waals surface area contributed by atoms with Crippen molar-refractivity contribution < 1.29 is 13.2 Å². The summed E-state index contributed by atoms with van der Waals surface area (Å²) in [6.45, 7) is 6.45. The van der Waals surface area contributed by atoms with Gasteiger partial charge in [0, 0.05) is 12.6 Å². The zero-order valence-corrected chi connectivity index (χ0v) is 11.8. The van der Waals surface area contributed by atoms with Crippen LogP contribution in [0.5, 0.6) is 0 Å². The second-order valence-corrected chi connectivity index (χ2v) is 6.64. The summed E-state index contributed by atoms with van der Waals surface area (Å²) < 4.78 is 25.9. The Morgan fingerprint density at radius 2 is 1.89 bits per heavy atom. The normalized spacial score (nSPS) is 11.4. The number of carbonyl (C=O) groups excluding carboxylic acids is 1. The number of aryl methyl sites for hydroxylation is 1. The lowest BCUT2D eigenvalue weighted by molar-refractivity contribution is -0.114. The van der Waals surface area contributed by atoms with Crippen molar-refractivity contribution in [2.45, 2.75) is 32.9 Å². The standard InChI is InChI=1S/C12H18N2O3S/c1-8(2)18(16,17)14-11-6-5-9(3)12(7-11)13-10(4)15/h5-8,14H,1-4H3,(H,13,15). The Balaban J connectivity index is 3.02. The fourth-order valence-corrected chi connectivity index (χ4v) is 1.98. The van der Waals surface area contributed by atoms with E-state index in [0.717, 1.165) is 5.56 Å². The Bertz CT molecular complexity index is 550. The number of rotatable bonds is 4. The van der Waals surface area contributed by atoms with E-state index in [9.17, 15) is 13.2 Å². The minimum atomic E-state index is -3.37. The van der Waals surface area contributed by atoms with Crippen molar-refractivity contribution in [3.8, 4) is 0 Å². The van der Waals surface area contributed by atoms with E-state index in [1.54, 1.807) is 32.0 Å². The van der Waals surface area contributed by atoms with Crippen LogP contribution in [0.1, 0.15) is 26.3 Å². The summed E-state index contributed by atoms with van der Waals surface area (Å²) >= 11 is 0. The molecule has 1 rings (SSSR count). The molecule has 0 heterocycles. The van der Waals surface area contributed by atoms with Crippen molar-refractivity contribution >= 4 is 27.3 Å². The van der Waals surface area contributed by atoms with E-state index in [2.05, 4.69) is 10.0 Å². The van der Waals surface area contributed by atoms with Gasteiger partial charge in [0.25, 0.3) is 0 Å². The molecule has 1 aromatic rings. The van der Waals surface area contributed by atoms with Gasteiger partial charge in [-0.1, -0.05) is 6.07 Å². The van der Waals surface area contributed by atoms with Crippen molar-refractivity contribution in [1.82, 2.24) is 0 Å². The molecule has 0 aliphatic carbocycles. The van der Waals surface area contributed by atoms with Crippen LogP contribution in [0.25, 0.3) is 0 Å². The molecule has 1 amide bonds. The maximum absolute atomic E-state index is 11.7. The monoisotopic (exact) mass is 270 g/mol. The minimum absolute atomic E-state index is 0.193. The first-order chi connectivity index (χ1) is 8.22. The van der Waals surface area contributed by atoms with Gasteiger partial charge in [0.1, 0.15) is 0 Å². The van der Waals surface area contributed by atoms with Crippen LogP contribution in [-0.4, -0.2) is 19.6 Å². The highest BCUT2D eigenvalue weighted by atomic mass is 32.2. The molecule has 18 heavy (non-hydrogen) atoms. The SMILES string of the molecule is CC(=O)Nc1cc(NS(=O)(=O)C(C)C)ccc1C. The molecule has 0 aliphatic heterocycles. The third-order valence-corrected chi connectivity index (χ3v) is 4.19. The lowest BCUT2D eigenvalue weighted by Crippen LogP contribution is -2.22. The zero-order chi connectivity index (χ0) is 13.9. The van der Waals surface area contributed by atoms with E-state index in [1.807, 2.05) is 6.92 Å². The number of sulfonamides is 1. The van der Waals surface area contributed by atoms with Crippen LogP contribution in [0.3, 0.4) is 0 Å².